The molecule has 0 aromatic carbocycles. The summed E-state index contributed by atoms with van der Waals surface area (Å²) in [5.74, 6) is 0. The normalized spacial score (nSPS) is 21.5. The van der Waals surface area contributed by atoms with Gasteiger partial charge in [0.1, 0.15) is 0 Å². The van der Waals surface area contributed by atoms with Crippen LogP contribution in [0.3, 0.4) is 0 Å². The zero-order chi connectivity index (χ0) is 13.1. The molecule has 2 aliphatic rings. The lowest BCUT2D eigenvalue weighted by atomic mass is 10.3. The Labute approximate surface area is 109 Å². The molecule has 0 bridgehead atoms. The summed E-state index contributed by atoms with van der Waals surface area (Å²) in [4.78, 5) is 4.86. The summed E-state index contributed by atoms with van der Waals surface area (Å²) < 4.78 is 0. The van der Waals surface area contributed by atoms with Gasteiger partial charge in [0, 0.05) is 32.2 Å². The molecular formula is C14H33N3. The molecular weight excluding hydrogens is 210 g/mol. The Morgan fingerprint density at radius 2 is 1.35 bits per heavy atom. The highest BCUT2D eigenvalue weighted by atomic mass is 15.2. The number of piperazine rings is 1. The van der Waals surface area contributed by atoms with E-state index in [1.165, 1.54) is 39.0 Å². The molecule has 0 unspecified atom stereocenters. The van der Waals surface area contributed by atoms with Crippen molar-refractivity contribution >= 4 is 0 Å². The van der Waals surface area contributed by atoms with Crippen molar-refractivity contribution in [3.8, 4) is 0 Å². The molecule has 3 heteroatoms. The molecule has 104 valence electrons. The number of hydrogen-bond acceptors (Lipinski definition) is 3. The molecule has 0 saturated carbocycles. The molecule has 2 aliphatic heterocycles. The van der Waals surface area contributed by atoms with Gasteiger partial charge in [-0.05, 0) is 46.8 Å². The first kappa shape index (κ1) is 16.9. The zero-order valence-corrected chi connectivity index (χ0v) is 12.6. The molecule has 0 aliphatic carbocycles. The van der Waals surface area contributed by atoms with Crippen LogP contribution in [0.5, 0.6) is 0 Å². The predicted octanol–water partition coefficient (Wildman–Crippen LogP) is 2.04. The Hall–Kier alpha value is -0.120. The van der Waals surface area contributed by atoms with Crippen LogP contribution < -0.4 is 5.32 Å². The Balaban J connectivity index is 0.000000278. The minimum absolute atomic E-state index is 0.729. The van der Waals surface area contributed by atoms with Crippen LogP contribution in [0.15, 0.2) is 0 Å². The SMILES string of the molecule is CC.CC(C)N1CCNCC1.CN1CCCC1. The van der Waals surface area contributed by atoms with Gasteiger partial charge in [0.05, 0.1) is 0 Å². The lowest BCUT2D eigenvalue weighted by Crippen LogP contribution is -2.46. The van der Waals surface area contributed by atoms with Crippen molar-refractivity contribution in [3.05, 3.63) is 0 Å². The predicted molar refractivity (Wildman–Crippen MR) is 77.7 cm³/mol. The van der Waals surface area contributed by atoms with E-state index in [0.29, 0.717) is 0 Å². The van der Waals surface area contributed by atoms with Crippen molar-refractivity contribution in [2.24, 2.45) is 0 Å². The van der Waals surface area contributed by atoms with E-state index in [0.717, 1.165) is 19.1 Å². The summed E-state index contributed by atoms with van der Waals surface area (Å²) >= 11 is 0. The van der Waals surface area contributed by atoms with Crippen LogP contribution in [0.1, 0.15) is 40.5 Å². The summed E-state index contributed by atoms with van der Waals surface area (Å²) in [5, 5.41) is 3.33. The largest absolute Gasteiger partial charge is 0.314 e. The molecule has 0 radical (unpaired) electrons. The highest BCUT2D eigenvalue weighted by molar-refractivity contribution is 4.69. The second-order valence-corrected chi connectivity index (χ2v) is 4.89. The average Bonchev–Trinajstić information content (AvgIpc) is 2.85. The topological polar surface area (TPSA) is 18.5 Å². The Kier molecular flexibility index (Phi) is 10.9. The minimum Gasteiger partial charge on any atom is -0.314 e. The van der Waals surface area contributed by atoms with E-state index in [4.69, 9.17) is 0 Å². The maximum Gasteiger partial charge on any atom is 0.0110 e. The van der Waals surface area contributed by atoms with E-state index in [1.54, 1.807) is 0 Å². The third kappa shape index (κ3) is 8.58. The van der Waals surface area contributed by atoms with Crippen LogP contribution in [0.4, 0.5) is 0 Å². The van der Waals surface area contributed by atoms with Gasteiger partial charge in [-0.3, -0.25) is 4.90 Å². The molecule has 2 fully saturated rings. The molecule has 2 rings (SSSR count). The fourth-order valence-electron chi connectivity index (χ4n) is 2.07. The van der Waals surface area contributed by atoms with Gasteiger partial charge in [-0.15, -0.1) is 0 Å². The van der Waals surface area contributed by atoms with E-state index >= 15 is 0 Å². The maximum atomic E-state index is 3.33. The maximum absolute atomic E-state index is 3.33. The lowest BCUT2D eigenvalue weighted by molar-refractivity contribution is 0.196. The van der Waals surface area contributed by atoms with Gasteiger partial charge >= 0.3 is 0 Å². The monoisotopic (exact) mass is 243 g/mol. The van der Waals surface area contributed by atoms with Crippen molar-refractivity contribution in [2.45, 2.75) is 46.6 Å². The minimum atomic E-state index is 0.729. The van der Waals surface area contributed by atoms with Crippen LogP contribution >= 0.6 is 0 Å². The first-order chi connectivity index (χ1) is 8.20. The number of nitrogens with one attached hydrogen (secondary N) is 1. The van der Waals surface area contributed by atoms with Gasteiger partial charge in [0.15, 0.2) is 0 Å². The van der Waals surface area contributed by atoms with Crippen molar-refractivity contribution in [1.29, 1.82) is 0 Å². The van der Waals surface area contributed by atoms with Gasteiger partial charge in [0.2, 0.25) is 0 Å². The first-order valence-electron chi connectivity index (χ1n) is 7.33. The van der Waals surface area contributed by atoms with Crippen molar-refractivity contribution in [2.75, 3.05) is 46.3 Å². The van der Waals surface area contributed by atoms with Crippen LogP contribution in [0.25, 0.3) is 0 Å². The van der Waals surface area contributed by atoms with E-state index in [2.05, 4.69) is 36.0 Å². The second-order valence-electron chi connectivity index (χ2n) is 4.89. The summed E-state index contributed by atoms with van der Waals surface area (Å²) in [5.41, 5.74) is 0. The number of likely N-dealkylation sites (tertiary alicyclic amines) is 1. The molecule has 0 amide bonds. The van der Waals surface area contributed by atoms with Crippen LogP contribution in [-0.2, 0) is 0 Å². The van der Waals surface area contributed by atoms with E-state index < -0.39 is 0 Å². The summed E-state index contributed by atoms with van der Waals surface area (Å²) in [6.45, 7) is 15.9. The lowest BCUT2D eigenvalue weighted by Gasteiger charge is -2.30. The van der Waals surface area contributed by atoms with Crippen LogP contribution in [0, 0.1) is 0 Å². The Bertz CT molecular complexity index is 148. The quantitative estimate of drug-likeness (QED) is 0.760. The second kappa shape index (κ2) is 11.0. The summed E-state index contributed by atoms with van der Waals surface area (Å²) in [6, 6.07) is 0.729. The summed E-state index contributed by atoms with van der Waals surface area (Å²) in [6.07, 6.45) is 2.83. The molecule has 2 heterocycles. The van der Waals surface area contributed by atoms with Gasteiger partial charge < -0.3 is 10.2 Å². The first-order valence-corrected chi connectivity index (χ1v) is 7.33. The number of rotatable bonds is 1. The smallest absolute Gasteiger partial charge is 0.0110 e. The number of nitrogens with zero attached hydrogens (tertiary/aromatic N) is 2. The zero-order valence-electron chi connectivity index (χ0n) is 12.6. The fraction of sp³-hybridized carbons (Fsp3) is 1.00. The van der Waals surface area contributed by atoms with Gasteiger partial charge in [0.25, 0.3) is 0 Å². The average molecular weight is 243 g/mol. The van der Waals surface area contributed by atoms with Crippen LogP contribution in [-0.4, -0.2) is 62.2 Å². The third-order valence-electron chi connectivity index (χ3n) is 3.21. The van der Waals surface area contributed by atoms with Crippen molar-refractivity contribution in [1.82, 2.24) is 15.1 Å². The van der Waals surface area contributed by atoms with Gasteiger partial charge in [-0.25, -0.2) is 0 Å². The van der Waals surface area contributed by atoms with E-state index in [1.807, 2.05) is 13.8 Å². The standard InChI is InChI=1S/C7H16N2.C5H11N.C2H6/c1-7(2)9-5-3-8-4-6-9;1-6-4-2-3-5-6;1-2/h7-8H,3-6H2,1-2H3;2-5H2,1H3;1-2H3. The fourth-order valence-corrected chi connectivity index (χ4v) is 2.07. The third-order valence-corrected chi connectivity index (χ3v) is 3.21. The van der Waals surface area contributed by atoms with E-state index in [9.17, 15) is 0 Å². The highest BCUT2D eigenvalue weighted by Gasteiger charge is 2.11. The molecule has 1 N–H and O–H groups in total. The molecule has 0 atom stereocenters. The molecule has 17 heavy (non-hydrogen) atoms. The summed E-state index contributed by atoms with van der Waals surface area (Å²) in [7, 11) is 2.17. The molecule has 3 nitrogen and oxygen atoms in total. The van der Waals surface area contributed by atoms with Crippen molar-refractivity contribution in [3.63, 3.8) is 0 Å². The Morgan fingerprint density at radius 3 is 1.59 bits per heavy atom. The molecule has 0 aromatic heterocycles. The molecule has 0 aromatic rings. The Morgan fingerprint density at radius 1 is 0.882 bits per heavy atom. The number of hydrogen-bond donors (Lipinski definition) is 1. The van der Waals surface area contributed by atoms with E-state index in [-0.39, 0.29) is 0 Å². The molecule has 2 saturated heterocycles. The molecule has 0 spiro atoms. The van der Waals surface area contributed by atoms with Gasteiger partial charge in [-0.2, -0.15) is 0 Å². The van der Waals surface area contributed by atoms with Gasteiger partial charge in [-0.1, -0.05) is 13.8 Å². The highest BCUT2D eigenvalue weighted by Crippen LogP contribution is 2.02. The van der Waals surface area contributed by atoms with Crippen LogP contribution in [0.2, 0.25) is 0 Å². The van der Waals surface area contributed by atoms with Crippen molar-refractivity contribution < 1.29 is 0 Å².